The highest BCUT2D eigenvalue weighted by atomic mass is 32.1. The van der Waals surface area contributed by atoms with Gasteiger partial charge in [0, 0.05) is 13.5 Å². The lowest BCUT2D eigenvalue weighted by atomic mass is 10.0. The van der Waals surface area contributed by atoms with Gasteiger partial charge in [0.25, 0.3) is 6.43 Å². The van der Waals surface area contributed by atoms with Crippen molar-refractivity contribution in [2.45, 2.75) is 25.7 Å². The van der Waals surface area contributed by atoms with Crippen LogP contribution in [0.15, 0.2) is 0 Å². The van der Waals surface area contributed by atoms with Crippen molar-refractivity contribution >= 4 is 22.3 Å². The summed E-state index contributed by atoms with van der Waals surface area (Å²) >= 11 is 1.23. The first-order valence-electron chi connectivity index (χ1n) is 5.10. The van der Waals surface area contributed by atoms with Crippen molar-refractivity contribution in [1.82, 2.24) is 4.98 Å². The minimum atomic E-state index is -2.39. The number of fused-ring (bicyclic) bond motifs is 1. The maximum Gasteiger partial charge on any atom is 0.255 e. The minimum Gasteiger partial charge on any atom is -0.345 e. The summed E-state index contributed by atoms with van der Waals surface area (Å²) in [5, 5.41) is 0.514. The number of nitrogens with zero attached hydrogens (tertiary/aromatic N) is 2. The zero-order valence-electron chi connectivity index (χ0n) is 8.87. The molecule has 0 aromatic carbocycles. The van der Waals surface area contributed by atoms with E-state index in [0.717, 1.165) is 18.5 Å². The second-order valence-corrected chi connectivity index (χ2v) is 4.80. The van der Waals surface area contributed by atoms with Gasteiger partial charge in [-0.1, -0.05) is 11.3 Å². The van der Waals surface area contributed by atoms with Crippen LogP contribution in [0.3, 0.4) is 0 Å². The summed E-state index contributed by atoms with van der Waals surface area (Å²) in [5.74, 6) is 0.0930. The van der Waals surface area contributed by atoms with Gasteiger partial charge in [0.05, 0.1) is 17.1 Å². The Bertz CT molecular complexity index is 406. The van der Waals surface area contributed by atoms with Crippen LogP contribution in [0.25, 0.3) is 0 Å². The van der Waals surface area contributed by atoms with Crippen LogP contribution in [-0.4, -0.2) is 30.8 Å². The number of Topliss-reactive ketones (excluding diaryl/α,β-unsaturated/α-hetero) is 1. The molecule has 0 radical (unpaired) electrons. The highest BCUT2D eigenvalue weighted by molar-refractivity contribution is 7.17. The molecule has 1 aliphatic rings. The van der Waals surface area contributed by atoms with Gasteiger partial charge < -0.3 is 4.90 Å². The maximum atomic E-state index is 12.2. The maximum absolute atomic E-state index is 12.2. The Morgan fingerprint density at radius 2 is 2.25 bits per heavy atom. The molecule has 3 nitrogen and oxygen atoms in total. The fraction of sp³-hybridized carbons (Fsp3) is 0.600. The van der Waals surface area contributed by atoms with Gasteiger partial charge in [0.2, 0.25) is 0 Å². The van der Waals surface area contributed by atoms with Crippen LogP contribution in [0.4, 0.5) is 13.9 Å². The number of carbonyl (C=O) groups is 1. The van der Waals surface area contributed by atoms with Crippen LogP contribution < -0.4 is 4.90 Å². The number of alkyl halides is 2. The zero-order valence-corrected chi connectivity index (χ0v) is 9.69. The summed E-state index contributed by atoms with van der Waals surface area (Å²) in [4.78, 5) is 17.9. The number of aromatic nitrogens is 1. The topological polar surface area (TPSA) is 33.2 Å². The molecule has 0 aliphatic heterocycles. The molecule has 0 fully saturated rings. The number of thiazole rings is 1. The molecule has 6 heteroatoms. The van der Waals surface area contributed by atoms with Crippen molar-refractivity contribution in [1.29, 1.82) is 0 Å². The molecule has 0 saturated carbocycles. The third-order valence-corrected chi connectivity index (χ3v) is 3.75. The van der Waals surface area contributed by atoms with Crippen molar-refractivity contribution in [3.05, 3.63) is 10.6 Å². The lowest BCUT2D eigenvalue weighted by Gasteiger charge is -2.14. The van der Waals surface area contributed by atoms with Crippen LogP contribution in [0, 0.1) is 0 Å². The number of ketones is 1. The molecule has 0 atom stereocenters. The number of hydrogen-bond acceptors (Lipinski definition) is 4. The van der Waals surface area contributed by atoms with Crippen LogP contribution in [0.1, 0.15) is 28.2 Å². The van der Waals surface area contributed by atoms with E-state index in [2.05, 4.69) is 4.98 Å². The molecule has 1 aromatic rings. The summed E-state index contributed by atoms with van der Waals surface area (Å²) in [5.41, 5.74) is 0.775. The molecule has 2 rings (SSSR count). The summed E-state index contributed by atoms with van der Waals surface area (Å²) in [6.07, 6.45) is -0.248. The SMILES string of the molecule is CN(CC(F)F)c1nc2c(s1)C(=O)CCC2. The second-order valence-electron chi connectivity index (χ2n) is 3.82. The molecule has 1 aromatic heterocycles. The van der Waals surface area contributed by atoms with Gasteiger partial charge in [-0.2, -0.15) is 0 Å². The van der Waals surface area contributed by atoms with Crippen molar-refractivity contribution in [3.63, 3.8) is 0 Å². The van der Waals surface area contributed by atoms with Crippen molar-refractivity contribution in [3.8, 4) is 0 Å². The van der Waals surface area contributed by atoms with Gasteiger partial charge in [-0.15, -0.1) is 0 Å². The van der Waals surface area contributed by atoms with Gasteiger partial charge in [0.1, 0.15) is 0 Å². The first-order chi connectivity index (χ1) is 7.58. The first kappa shape index (κ1) is 11.4. The molecule has 0 saturated heterocycles. The summed E-state index contributed by atoms with van der Waals surface area (Å²) in [6, 6.07) is 0. The predicted octanol–water partition coefficient (Wildman–Crippen LogP) is 2.36. The molecule has 0 N–H and O–H groups in total. The molecule has 16 heavy (non-hydrogen) atoms. The number of aryl methyl sites for hydroxylation is 1. The summed E-state index contributed by atoms with van der Waals surface area (Å²) in [6.45, 7) is -0.347. The van der Waals surface area contributed by atoms with Gasteiger partial charge >= 0.3 is 0 Å². The monoisotopic (exact) mass is 246 g/mol. The quantitative estimate of drug-likeness (QED) is 0.821. The Morgan fingerprint density at radius 3 is 2.88 bits per heavy atom. The van der Waals surface area contributed by atoms with Crippen molar-refractivity contribution in [2.75, 3.05) is 18.5 Å². The second kappa shape index (κ2) is 4.45. The number of anilines is 1. The molecule has 0 spiro atoms. The highest BCUT2D eigenvalue weighted by Crippen LogP contribution is 2.31. The van der Waals surface area contributed by atoms with Crippen LogP contribution in [0.2, 0.25) is 0 Å². The Kier molecular flexibility index (Phi) is 3.18. The molecule has 0 amide bonds. The lowest BCUT2D eigenvalue weighted by Crippen LogP contribution is -2.23. The van der Waals surface area contributed by atoms with Crippen molar-refractivity contribution < 1.29 is 13.6 Å². The average Bonchev–Trinajstić information content (AvgIpc) is 2.61. The van der Waals surface area contributed by atoms with E-state index in [4.69, 9.17) is 0 Å². The van der Waals surface area contributed by atoms with E-state index >= 15 is 0 Å². The smallest absolute Gasteiger partial charge is 0.255 e. The van der Waals surface area contributed by atoms with E-state index < -0.39 is 6.43 Å². The van der Waals surface area contributed by atoms with Gasteiger partial charge in [-0.3, -0.25) is 4.79 Å². The highest BCUT2D eigenvalue weighted by Gasteiger charge is 2.23. The molecular weight excluding hydrogens is 234 g/mol. The molecule has 88 valence electrons. The third kappa shape index (κ3) is 2.21. The van der Waals surface area contributed by atoms with Gasteiger partial charge in [-0.05, 0) is 12.8 Å². The van der Waals surface area contributed by atoms with Gasteiger partial charge in [0.15, 0.2) is 10.9 Å². The molecule has 1 aliphatic carbocycles. The largest absolute Gasteiger partial charge is 0.345 e. The van der Waals surface area contributed by atoms with E-state index in [1.807, 2.05) is 0 Å². The Hall–Kier alpha value is -1.04. The Labute approximate surface area is 96.1 Å². The lowest BCUT2D eigenvalue weighted by molar-refractivity contribution is 0.0976. The first-order valence-corrected chi connectivity index (χ1v) is 5.91. The van der Waals surface area contributed by atoms with E-state index in [9.17, 15) is 13.6 Å². The number of carbonyl (C=O) groups excluding carboxylic acids is 1. The molecular formula is C10H12F2N2OS. The molecule has 0 bridgehead atoms. The average molecular weight is 246 g/mol. The molecule has 1 heterocycles. The standard InChI is InChI=1S/C10H12F2N2OS/c1-14(5-8(11)12)10-13-6-3-2-4-7(15)9(6)16-10/h8H,2-5H2,1H3. The normalized spacial score (nSPS) is 15.4. The fourth-order valence-corrected chi connectivity index (χ4v) is 2.76. The Balaban J connectivity index is 2.20. The molecule has 0 unspecified atom stereocenters. The minimum absolute atomic E-state index is 0.0930. The fourth-order valence-electron chi connectivity index (χ4n) is 1.70. The number of halogens is 2. The van der Waals surface area contributed by atoms with Gasteiger partial charge in [-0.25, -0.2) is 13.8 Å². The van der Waals surface area contributed by atoms with Crippen LogP contribution in [0.5, 0.6) is 0 Å². The Morgan fingerprint density at radius 1 is 1.50 bits per heavy atom. The predicted molar refractivity (Wildman–Crippen MR) is 58.7 cm³/mol. The van der Waals surface area contributed by atoms with E-state index in [1.54, 1.807) is 7.05 Å². The van der Waals surface area contributed by atoms with E-state index in [0.29, 0.717) is 16.4 Å². The van der Waals surface area contributed by atoms with Crippen LogP contribution in [-0.2, 0) is 6.42 Å². The van der Waals surface area contributed by atoms with Crippen molar-refractivity contribution in [2.24, 2.45) is 0 Å². The van der Waals surface area contributed by atoms with E-state index in [-0.39, 0.29) is 12.3 Å². The number of hydrogen-bond donors (Lipinski definition) is 0. The summed E-state index contributed by atoms with van der Waals surface area (Å²) < 4.78 is 24.4. The zero-order chi connectivity index (χ0) is 11.7. The van der Waals surface area contributed by atoms with E-state index in [1.165, 1.54) is 16.2 Å². The number of rotatable bonds is 3. The van der Waals surface area contributed by atoms with Crippen LogP contribution >= 0.6 is 11.3 Å². The third-order valence-electron chi connectivity index (χ3n) is 2.50. The summed E-state index contributed by atoms with van der Waals surface area (Å²) in [7, 11) is 1.57.